The van der Waals surface area contributed by atoms with Crippen molar-refractivity contribution < 1.29 is 19.0 Å². The van der Waals surface area contributed by atoms with Gasteiger partial charge in [0.05, 0.1) is 15.1 Å². The molecule has 8 heteroatoms. The van der Waals surface area contributed by atoms with Gasteiger partial charge in [0.25, 0.3) is 5.91 Å². The van der Waals surface area contributed by atoms with E-state index in [9.17, 15) is 4.79 Å². The molecule has 31 heavy (non-hydrogen) atoms. The summed E-state index contributed by atoms with van der Waals surface area (Å²) in [7, 11) is 0. The summed E-state index contributed by atoms with van der Waals surface area (Å²) in [6.07, 6.45) is 1.85. The van der Waals surface area contributed by atoms with E-state index in [1.54, 1.807) is 4.90 Å². The Hall–Kier alpha value is -1.78. The standard InChI is InChI=1S/C23H24INO4S2/c1-4-25-22(26)20(31-23(25)30)14-16-12-18(24)21(19(13-16)27-5-2)29-10-9-28-17-8-6-7-15(3)11-17/h6-8,11-14H,4-5,9-10H2,1-3H3/b20-14-. The third-order valence-electron chi connectivity index (χ3n) is 4.41. The van der Waals surface area contributed by atoms with Crippen molar-refractivity contribution in [3.8, 4) is 17.2 Å². The number of thioether (sulfide) groups is 1. The van der Waals surface area contributed by atoms with Gasteiger partial charge >= 0.3 is 0 Å². The zero-order valence-electron chi connectivity index (χ0n) is 17.6. The lowest BCUT2D eigenvalue weighted by Crippen LogP contribution is -2.27. The van der Waals surface area contributed by atoms with Crippen LogP contribution in [0.15, 0.2) is 41.3 Å². The Bertz CT molecular complexity index is 1010. The Labute approximate surface area is 206 Å². The molecule has 0 aliphatic carbocycles. The van der Waals surface area contributed by atoms with E-state index in [4.69, 9.17) is 26.4 Å². The normalized spacial score (nSPS) is 15.0. The molecule has 0 saturated carbocycles. The molecule has 1 aliphatic heterocycles. The molecule has 1 fully saturated rings. The average molecular weight is 569 g/mol. The lowest BCUT2D eigenvalue weighted by Gasteiger charge is -2.15. The molecule has 1 heterocycles. The monoisotopic (exact) mass is 569 g/mol. The zero-order chi connectivity index (χ0) is 22.4. The molecule has 1 saturated heterocycles. The summed E-state index contributed by atoms with van der Waals surface area (Å²) in [4.78, 5) is 14.7. The van der Waals surface area contributed by atoms with Gasteiger partial charge in [0.15, 0.2) is 11.5 Å². The number of benzene rings is 2. The van der Waals surface area contributed by atoms with Gasteiger partial charge in [0.1, 0.15) is 23.3 Å². The van der Waals surface area contributed by atoms with E-state index in [0.717, 1.165) is 20.4 Å². The summed E-state index contributed by atoms with van der Waals surface area (Å²) in [6.45, 7) is 7.76. The number of hydrogen-bond acceptors (Lipinski definition) is 6. The summed E-state index contributed by atoms with van der Waals surface area (Å²) < 4.78 is 19.1. The molecule has 2 aromatic carbocycles. The number of carbonyl (C=O) groups excluding carboxylic acids is 1. The summed E-state index contributed by atoms with van der Waals surface area (Å²) in [5, 5.41) is 0. The molecule has 0 aromatic heterocycles. The topological polar surface area (TPSA) is 48.0 Å². The van der Waals surface area contributed by atoms with Crippen molar-refractivity contribution >= 4 is 62.9 Å². The number of hydrogen-bond donors (Lipinski definition) is 0. The van der Waals surface area contributed by atoms with Crippen LogP contribution in [-0.2, 0) is 4.79 Å². The predicted molar refractivity (Wildman–Crippen MR) is 138 cm³/mol. The second kappa shape index (κ2) is 11.2. The molecular formula is C23H24INO4S2. The van der Waals surface area contributed by atoms with E-state index in [1.807, 2.05) is 63.2 Å². The number of rotatable bonds is 9. The van der Waals surface area contributed by atoms with Gasteiger partial charge in [-0.1, -0.05) is 36.1 Å². The van der Waals surface area contributed by atoms with Gasteiger partial charge in [-0.25, -0.2) is 0 Å². The number of thiocarbonyl (C=S) groups is 1. The molecule has 0 unspecified atom stereocenters. The molecular weight excluding hydrogens is 545 g/mol. The Morgan fingerprint density at radius 2 is 1.90 bits per heavy atom. The Morgan fingerprint density at radius 3 is 2.58 bits per heavy atom. The van der Waals surface area contributed by atoms with E-state index in [1.165, 1.54) is 11.8 Å². The number of aryl methyl sites for hydroxylation is 1. The molecule has 3 rings (SSSR count). The quantitative estimate of drug-likeness (QED) is 0.168. The van der Waals surface area contributed by atoms with Gasteiger partial charge in [-0.3, -0.25) is 9.69 Å². The summed E-state index contributed by atoms with van der Waals surface area (Å²) in [5.41, 5.74) is 2.02. The minimum absolute atomic E-state index is 0.0564. The van der Waals surface area contributed by atoms with Crippen LogP contribution in [0.25, 0.3) is 6.08 Å². The second-order valence-electron chi connectivity index (χ2n) is 6.70. The fraction of sp³-hybridized carbons (Fsp3) is 0.304. The zero-order valence-corrected chi connectivity index (χ0v) is 21.4. The smallest absolute Gasteiger partial charge is 0.266 e. The van der Waals surface area contributed by atoms with E-state index in [2.05, 4.69) is 22.6 Å². The second-order valence-corrected chi connectivity index (χ2v) is 9.54. The fourth-order valence-electron chi connectivity index (χ4n) is 3.01. The highest BCUT2D eigenvalue weighted by Gasteiger charge is 2.30. The fourth-order valence-corrected chi connectivity index (χ4v) is 5.17. The number of nitrogens with zero attached hydrogens (tertiary/aromatic N) is 1. The first-order valence-corrected chi connectivity index (χ1v) is 12.3. The van der Waals surface area contributed by atoms with Crippen molar-refractivity contribution in [3.05, 3.63) is 56.0 Å². The maximum absolute atomic E-state index is 12.5. The SMILES string of the molecule is CCOc1cc(/C=C2\SC(=S)N(CC)C2=O)cc(I)c1OCCOc1cccc(C)c1. The van der Waals surface area contributed by atoms with Crippen LogP contribution in [0.4, 0.5) is 0 Å². The average Bonchev–Trinajstić information content (AvgIpc) is 2.99. The van der Waals surface area contributed by atoms with Gasteiger partial charge in [0, 0.05) is 6.54 Å². The highest BCUT2D eigenvalue weighted by atomic mass is 127. The summed E-state index contributed by atoms with van der Waals surface area (Å²) in [5.74, 6) is 2.08. The third-order valence-corrected chi connectivity index (χ3v) is 6.59. The van der Waals surface area contributed by atoms with Gasteiger partial charge < -0.3 is 14.2 Å². The molecule has 1 aliphatic rings. The van der Waals surface area contributed by atoms with Crippen LogP contribution in [-0.4, -0.2) is 41.5 Å². The molecule has 0 spiro atoms. The summed E-state index contributed by atoms with van der Waals surface area (Å²) >= 11 is 8.84. The van der Waals surface area contributed by atoms with Crippen molar-refractivity contribution in [3.63, 3.8) is 0 Å². The van der Waals surface area contributed by atoms with Gasteiger partial charge in [-0.05, 0) is 84.8 Å². The molecule has 0 bridgehead atoms. The minimum Gasteiger partial charge on any atom is -0.490 e. The van der Waals surface area contributed by atoms with Crippen LogP contribution >= 0.6 is 46.6 Å². The van der Waals surface area contributed by atoms with E-state index >= 15 is 0 Å². The molecule has 5 nitrogen and oxygen atoms in total. The van der Waals surface area contributed by atoms with Crippen LogP contribution in [0.2, 0.25) is 0 Å². The predicted octanol–water partition coefficient (Wildman–Crippen LogP) is 5.68. The van der Waals surface area contributed by atoms with Gasteiger partial charge in [-0.15, -0.1) is 0 Å². The van der Waals surface area contributed by atoms with Crippen LogP contribution in [0.3, 0.4) is 0 Å². The van der Waals surface area contributed by atoms with Crippen molar-refractivity contribution in [2.45, 2.75) is 20.8 Å². The molecule has 1 amide bonds. The number of carbonyl (C=O) groups is 1. The number of ether oxygens (including phenoxy) is 3. The first kappa shape index (κ1) is 23.9. The Balaban J connectivity index is 1.72. The van der Waals surface area contributed by atoms with Crippen LogP contribution < -0.4 is 14.2 Å². The lowest BCUT2D eigenvalue weighted by molar-refractivity contribution is -0.121. The largest absolute Gasteiger partial charge is 0.490 e. The maximum atomic E-state index is 12.5. The molecule has 0 N–H and O–H groups in total. The van der Waals surface area contributed by atoms with E-state index in [0.29, 0.717) is 47.1 Å². The highest BCUT2D eigenvalue weighted by Crippen LogP contribution is 2.37. The maximum Gasteiger partial charge on any atom is 0.266 e. The molecule has 0 radical (unpaired) electrons. The number of likely N-dealkylation sites (N-methyl/N-ethyl adjacent to an activating group) is 1. The molecule has 2 aromatic rings. The van der Waals surface area contributed by atoms with Crippen molar-refractivity contribution in [1.29, 1.82) is 0 Å². The summed E-state index contributed by atoms with van der Waals surface area (Å²) in [6, 6.07) is 11.8. The van der Waals surface area contributed by atoms with E-state index in [-0.39, 0.29) is 5.91 Å². The Kier molecular flexibility index (Phi) is 8.62. The number of halogens is 1. The minimum atomic E-state index is -0.0564. The van der Waals surface area contributed by atoms with Crippen molar-refractivity contribution in [1.82, 2.24) is 4.90 Å². The first-order chi connectivity index (χ1) is 14.9. The highest BCUT2D eigenvalue weighted by molar-refractivity contribution is 14.1. The molecule has 0 atom stereocenters. The van der Waals surface area contributed by atoms with Crippen molar-refractivity contribution in [2.75, 3.05) is 26.4 Å². The number of amides is 1. The van der Waals surface area contributed by atoms with Crippen molar-refractivity contribution in [2.24, 2.45) is 0 Å². The van der Waals surface area contributed by atoms with E-state index < -0.39 is 0 Å². The van der Waals surface area contributed by atoms with Crippen LogP contribution in [0.1, 0.15) is 25.0 Å². The van der Waals surface area contributed by atoms with Crippen LogP contribution in [0, 0.1) is 10.5 Å². The third kappa shape index (κ3) is 6.14. The first-order valence-electron chi connectivity index (χ1n) is 9.96. The van der Waals surface area contributed by atoms with Gasteiger partial charge in [0.2, 0.25) is 0 Å². The van der Waals surface area contributed by atoms with Crippen LogP contribution in [0.5, 0.6) is 17.2 Å². The Morgan fingerprint density at radius 1 is 1.13 bits per heavy atom. The lowest BCUT2D eigenvalue weighted by atomic mass is 10.2. The van der Waals surface area contributed by atoms with Gasteiger partial charge in [-0.2, -0.15) is 0 Å². The molecule has 164 valence electrons.